The molecule has 18 heavy (non-hydrogen) atoms. The molecule has 0 amide bonds. The lowest BCUT2D eigenvalue weighted by Gasteiger charge is -2.21. The van der Waals surface area contributed by atoms with E-state index in [0.29, 0.717) is 11.8 Å². The monoisotopic (exact) mass is 252 g/mol. The van der Waals surface area contributed by atoms with E-state index in [2.05, 4.69) is 24.1 Å². The van der Waals surface area contributed by atoms with Gasteiger partial charge in [0, 0.05) is 6.04 Å². The molecule has 1 heterocycles. The van der Waals surface area contributed by atoms with Crippen molar-refractivity contribution in [3.8, 4) is 0 Å². The van der Waals surface area contributed by atoms with Crippen LogP contribution in [0, 0.1) is 17.7 Å². The fraction of sp³-hybridized carbons (Fsp3) is 0.538. The van der Waals surface area contributed by atoms with Crippen molar-refractivity contribution >= 4 is 11.8 Å². The van der Waals surface area contributed by atoms with Crippen LogP contribution in [0.1, 0.15) is 37.0 Å². The number of aromatic nitrogens is 1. The highest BCUT2D eigenvalue weighted by atomic mass is 19.1. The molecule has 1 aliphatic carbocycles. The first-order valence-electron chi connectivity index (χ1n) is 6.14. The molecule has 0 aromatic carbocycles. The number of nitrogens with one attached hydrogen (secondary N) is 1. The SMILES string of the molecule is CC1CCC(Nc2ncc(F)cc2C(=O)O)C1C. The maximum absolute atomic E-state index is 13.0. The number of rotatable bonds is 3. The van der Waals surface area contributed by atoms with Crippen LogP contribution in [0.5, 0.6) is 0 Å². The largest absolute Gasteiger partial charge is 0.478 e. The first kappa shape index (κ1) is 12.8. The van der Waals surface area contributed by atoms with E-state index in [1.807, 2.05) is 0 Å². The van der Waals surface area contributed by atoms with Gasteiger partial charge in [0.25, 0.3) is 0 Å². The molecule has 4 nitrogen and oxygen atoms in total. The molecule has 2 rings (SSSR count). The molecule has 1 aliphatic rings. The van der Waals surface area contributed by atoms with Crippen LogP contribution in [0.15, 0.2) is 12.3 Å². The lowest BCUT2D eigenvalue weighted by molar-refractivity contribution is 0.0697. The second kappa shape index (κ2) is 4.92. The molecule has 0 saturated heterocycles. The number of carboxylic acid groups (broad SMARTS) is 1. The molecule has 1 saturated carbocycles. The molecular formula is C13H17FN2O2. The van der Waals surface area contributed by atoms with Crippen molar-refractivity contribution in [2.45, 2.75) is 32.7 Å². The number of carboxylic acids is 1. The van der Waals surface area contributed by atoms with Gasteiger partial charge in [-0.1, -0.05) is 13.8 Å². The molecule has 0 aliphatic heterocycles. The van der Waals surface area contributed by atoms with E-state index >= 15 is 0 Å². The summed E-state index contributed by atoms with van der Waals surface area (Å²) in [5.74, 6) is -0.474. The maximum Gasteiger partial charge on any atom is 0.339 e. The molecule has 1 aromatic rings. The van der Waals surface area contributed by atoms with Crippen molar-refractivity contribution in [2.75, 3.05) is 5.32 Å². The Kier molecular flexibility index (Phi) is 3.50. The van der Waals surface area contributed by atoms with Gasteiger partial charge in [-0.25, -0.2) is 14.2 Å². The lowest BCUT2D eigenvalue weighted by atomic mass is 9.98. The van der Waals surface area contributed by atoms with Crippen LogP contribution in [0.25, 0.3) is 0 Å². The Morgan fingerprint density at radius 3 is 2.78 bits per heavy atom. The van der Waals surface area contributed by atoms with Gasteiger partial charge in [0.2, 0.25) is 0 Å². The maximum atomic E-state index is 13.0. The number of carbonyl (C=O) groups is 1. The van der Waals surface area contributed by atoms with Gasteiger partial charge in [-0.15, -0.1) is 0 Å². The van der Waals surface area contributed by atoms with E-state index in [-0.39, 0.29) is 17.4 Å². The average Bonchev–Trinajstić information content (AvgIpc) is 2.63. The predicted molar refractivity (Wildman–Crippen MR) is 66.1 cm³/mol. The molecular weight excluding hydrogens is 235 g/mol. The molecule has 5 heteroatoms. The van der Waals surface area contributed by atoms with Gasteiger partial charge in [-0.2, -0.15) is 0 Å². The molecule has 1 fully saturated rings. The normalized spacial score (nSPS) is 27.2. The first-order valence-corrected chi connectivity index (χ1v) is 6.14. The van der Waals surface area contributed by atoms with Gasteiger partial charge in [0.1, 0.15) is 17.2 Å². The van der Waals surface area contributed by atoms with Crippen molar-refractivity contribution in [2.24, 2.45) is 11.8 Å². The number of pyridine rings is 1. The smallest absolute Gasteiger partial charge is 0.339 e. The number of hydrogen-bond donors (Lipinski definition) is 2. The second-order valence-electron chi connectivity index (χ2n) is 5.02. The van der Waals surface area contributed by atoms with Crippen LogP contribution in [-0.4, -0.2) is 22.1 Å². The first-order chi connectivity index (χ1) is 8.49. The molecule has 0 spiro atoms. The van der Waals surface area contributed by atoms with E-state index < -0.39 is 11.8 Å². The summed E-state index contributed by atoms with van der Waals surface area (Å²) in [5.41, 5.74) is -0.109. The molecule has 0 bridgehead atoms. The summed E-state index contributed by atoms with van der Waals surface area (Å²) in [6.45, 7) is 4.32. The van der Waals surface area contributed by atoms with Crippen molar-refractivity contribution in [3.05, 3.63) is 23.6 Å². The third kappa shape index (κ3) is 2.44. The summed E-state index contributed by atoms with van der Waals surface area (Å²) in [6, 6.07) is 1.21. The topological polar surface area (TPSA) is 62.2 Å². The zero-order valence-electron chi connectivity index (χ0n) is 10.5. The zero-order chi connectivity index (χ0) is 13.3. The molecule has 3 unspecified atom stereocenters. The Morgan fingerprint density at radius 2 is 2.22 bits per heavy atom. The van der Waals surface area contributed by atoms with Crippen LogP contribution >= 0.6 is 0 Å². The van der Waals surface area contributed by atoms with Crippen LogP contribution in [-0.2, 0) is 0 Å². The van der Waals surface area contributed by atoms with Gasteiger partial charge in [0.05, 0.1) is 6.20 Å². The van der Waals surface area contributed by atoms with Crippen LogP contribution < -0.4 is 5.32 Å². The minimum Gasteiger partial charge on any atom is -0.478 e. The fourth-order valence-electron chi connectivity index (χ4n) is 2.46. The minimum atomic E-state index is -1.16. The van der Waals surface area contributed by atoms with Crippen molar-refractivity contribution < 1.29 is 14.3 Å². The molecule has 98 valence electrons. The van der Waals surface area contributed by atoms with Crippen molar-refractivity contribution in [1.29, 1.82) is 0 Å². The van der Waals surface area contributed by atoms with E-state index in [9.17, 15) is 9.18 Å². The summed E-state index contributed by atoms with van der Waals surface area (Å²) in [7, 11) is 0. The number of aromatic carboxylic acids is 1. The van der Waals surface area contributed by atoms with Crippen molar-refractivity contribution in [1.82, 2.24) is 4.98 Å². The highest BCUT2D eigenvalue weighted by Crippen LogP contribution is 2.33. The van der Waals surface area contributed by atoms with E-state index in [0.717, 1.165) is 25.1 Å². The van der Waals surface area contributed by atoms with Gasteiger partial charge >= 0.3 is 5.97 Å². The summed E-state index contributed by atoms with van der Waals surface area (Å²) in [6.07, 6.45) is 3.14. The molecule has 3 atom stereocenters. The Hall–Kier alpha value is -1.65. The third-order valence-electron chi connectivity index (χ3n) is 3.87. The predicted octanol–water partition coefficient (Wildman–Crippen LogP) is 2.77. The average molecular weight is 252 g/mol. The second-order valence-corrected chi connectivity index (χ2v) is 5.02. The van der Waals surface area contributed by atoms with Crippen molar-refractivity contribution in [3.63, 3.8) is 0 Å². The van der Waals surface area contributed by atoms with Crippen LogP contribution in [0.3, 0.4) is 0 Å². The van der Waals surface area contributed by atoms with E-state index in [4.69, 9.17) is 5.11 Å². The Bertz CT molecular complexity index is 464. The standard InChI is InChI=1S/C13H17FN2O2/c1-7-3-4-11(8(7)2)16-12-10(13(17)18)5-9(14)6-15-12/h5-8,11H,3-4H2,1-2H3,(H,15,16)(H,17,18). The Morgan fingerprint density at radius 1 is 1.50 bits per heavy atom. The lowest BCUT2D eigenvalue weighted by Crippen LogP contribution is -2.25. The van der Waals surface area contributed by atoms with E-state index in [1.165, 1.54) is 0 Å². The number of halogens is 1. The van der Waals surface area contributed by atoms with E-state index in [1.54, 1.807) is 0 Å². The summed E-state index contributed by atoms with van der Waals surface area (Å²) >= 11 is 0. The quantitative estimate of drug-likeness (QED) is 0.868. The van der Waals surface area contributed by atoms with Gasteiger partial charge < -0.3 is 10.4 Å². The zero-order valence-corrected chi connectivity index (χ0v) is 10.5. The summed E-state index contributed by atoms with van der Waals surface area (Å²) in [5, 5.41) is 12.2. The summed E-state index contributed by atoms with van der Waals surface area (Å²) < 4.78 is 13.0. The molecule has 1 aromatic heterocycles. The summed E-state index contributed by atoms with van der Waals surface area (Å²) in [4.78, 5) is 14.9. The highest BCUT2D eigenvalue weighted by Gasteiger charge is 2.30. The Balaban J connectivity index is 2.21. The molecule has 0 radical (unpaired) electrons. The van der Waals surface area contributed by atoms with Gasteiger partial charge in [-0.3, -0.25) is 0 Å². The molecule has 2 N–H and O–H groups in total. The minimum absolute atomic E-state index is 0.109. The highest BCUT2D eigenvalue weighted by molar-refractivity contribution is 5.93. The third-order valence-corrected chi connectivity index (χ3v) is 3.87. The number of anilines is 1. The fourth-order valence-corrected chi connectivity index (χ4v) is 2.46. The van der Waals surface area contributed by atoms with Crippen LogP contribution in [0.2, 0.25) is 0 Å². The number of nitrogens with zero attached hydrogens (tertiary/aromatic N) is 1. The van der Waals surface area contributed by atoms with Crippen LogP contribution in [0.4, 0.5) is 10.2 Å². The Labute approximate surface area is 105 Å². The van der Waals surface area contributed by atoms with Gasteiger partial charge in [0.15, 0.2) is 0 Å². The van der Waals surface area contributed by atoms with Gasteiger partial charge in [-0.05, 0) is 30.7 Å². The number of hydrogen-bond acceptors (Lipinski definition) is 3.